The third-order valence-electron chi connectivity index (χ3n) is 7.50. The number of piperidine rings is 1. The zero-order valence-corrected chi connectivity index (χ0v) is 23.8. The summed E-state index contributed by atoms with van der Waals surface area (Å²) in [6, 6.07) is 28.1. The van der Waals surface area contributed by atoms with E-state index in [0.29, 0.717) is 39.5 Å². The van der Waals surface area contributed by atoms with Gasteiger partial charge >= 0.3 is 0 Å². The molecule has 1 fully saturated rings. The molecule has 0 spiro atoms. The van der Waals surface area contributed by atoms with Gasteiger partial charge < -0.3 is 34.1 Å². The fraction of sp³-hybridized carbons (Fsp3) is 0.353. The number of aliphatic hydroxyl groups excluding tert-OH is 1. The van der Waals surface area contributed by atoms with Crippen LogP contribution in [0.2, 0.25) is 0 Å². The van der Waals surface area contributed by atoms with Crippen molar-refractivity contribution in [3.63, 3.8) is 0 Å². The number of hydrogen-bond donors (Lipinski definition) is 2. The van der Waals surface area contributed by atoms with Gasteiger partial charge in [-0.15, -0.1) is 0 Å². The Hall–Kier alpha value is -3.62. The lowest BCUT2D eigenvalue weighted by Crippen LogP contribution is -2.49. The minimum atomic E-state index is -0.574. The second-order valence-electron chi connectivity index (χ2n) is 10.2. The fourth-order valence-corrected chi connectivity index (χ4v) is 5.46. The summed E-state index contributed by atoms with van der Waals surface area (Å²) in [4.78, 5) is 0. The number of aliphatic hydroxyl groups is 1. The molecule has 1 heterocycles. The van der Waals surface area contributed by atoms with Crippen molar-refractivity contribution in [3.05, 3.63) is 102 Å². The quantitative estimate of drug-likeness (QED) is 0.211. The number of methoxy groups -OCH3 is 2. The second-order valence-corrected chi connectivity index (χ2v) is 10.2. The molecule has 7 heteroatoms. The molecule has 1 saturated heterocycles. The summed E-state index contributed by atoms with van der Waals surface area (Å²) in [6.07, 6.45) is 0.00494. The molecule has 2 N–H and O–H groups in total. The standard InChI is InChI=1S/C34H39NO6/c1-37-31-19-26(34(38-2)29-12-7-6-11-28(29)31)23-41-32-21-35-20-30(36)33(32)25-13-15-27(16-14-25)40-18-8-17-39-22-24-9-4-3-5-10-24/h3-7,9-16,19,30,32-33,35-36H,8,17-18,20-23H2,1-2H3/t30-,32+,33+/m1/s1. The number of nitrogens with one attached hydrogen (secondary N) is 1. The van der Waals surface area contributed by atoms with Crippen LogP contribution in [-0.4, -0.2) is 57.8 Å². The van der Waals surface area contributed by atoms with Gasteiger partial charge in [0, 0.05) is 41.8 Å². The van der Waals surface area contributed by atoms with Crippen LogP contribution < -0.4 is 19.5 Å². The number of hydrogen-bond acceptors (Lipinski definition) is 7. The van der Waals surface area contributed by atoms with E-state index in [1.807, 2.05) is 72.8 Å². The van der Waals surface area contributed by atoms with Gasteiger partial charge in [0.1, 0.15) is 17.2 Å². The smallest absolute Gasteiger partial charge is 0.132 e. The molecule has 1 aliphatic heterocycles. The molecule has 0 radical (unpaired) electrons. The van der Waals surface area contributed by atoms with E-state index in [-0.39, 0.29) is 12.0 Å². The Kier molecular flexibility index (Phi) is 10.1. The lowest BCUT2D eigenvalue weighted by Gasteiger charge is -2.36. The van der Waals surface area contributed by atoms with Crippen molar-refractivity contribution in [2.45, 2.75) is 37.8 Å². The zero-order chi connectivity index (χ0) is 28.4. The van der Waals surface area contributed by atoms with E-state index in [1.54, 1.807) is 14.2 Å². The van der Waals surface area contributed by atoms with Crippen LogP contribution in [0.5, 0.6) is 17.2 Å². The maximum atomic E-state index is 11.0. The molecule has 0 unspecified atom stereocenters. The Labute approximate surface area is 242 Å². The summed E-state index contributed by atoms with van der Waals surface area (Å²) in [6.45, 7) is 3.30. The highest BCUT2D eigenvalue weighted by Crippen LogP contribution is 2.38. The Morgan fingerprint density at radius 2 is 1.56 bits per heavy atom. The van der Waals surface area contributed by atoms with Gasteiger partial charge in [0.2, 0.25) is 0 Å². The summed E-state index contributed by atoms with van der Waals surface area (Å²) in [5.74, 6) is 2.17. The summed E-state index contributed by atoms with van der Waals surface area (Å²) in [7, 11) is 3.34. The van der Waals surface area contributed by atoms with Crippen LogP contribution in [0.1, 0.15) is 29.0 Å². The number of fused-ring (bicyclic) bond motifs is 1. The third-order valence-corrected chi connectivity index (χ3v) is 7.50. The van der Waals surface area contributed by atoms with Gasteiger partial charge in [0.15, 0.2) is 0 Å². The lowest BCUT2D eigenvalue weighted by atomic mass is 9.85. The molecule has 0 saturated carbocycles. The number of benzene rings is 4. The normalized spacial score (nSPS) is 18.8. The zero-order valence-electron chi connectivity index (χ0n) is 23.8. The molecule has 0 aromatic heterocycles. The second kappa shape index (κ2) is 14.3. The van der Waals surface area contributed by atoms with E-state index in [2.05, 4.69) is 17.4 Å². The van der Waals surface area contributed by atoms with Crippen molar-refractivity contribution in [2.75, 3.05) is 40.5 Å². The molecule has 7 nitrogen and oxygen atoms in total. The average molecular weight is 558 g/mol. The molecular weight excluding hydrogens is 518 g/mol. The van der Waals surface area contributed by atoms with E-state index in [0.717, 1.165) is 45.6 Å². The van der Waals surface area contributed by atoms with E-state index in [1.165, 1.54) is 5.56 Å². The fourth-order valence-electron chi connectivity index (χ4n) is 5.46. The monoisotopic (exact) mass is 557 g/mol. The Morgan fingerprint density at radius 1 is 0.805 bits per heavy atom. The van der Waals surface area contributed by atoms with Gasteiger partial charge in [-0.2, -0.15) is 0 Å². The van der Waals surface area contributed by atoms with Crippen LogP contribution in [0.3, 0.4) is 0 Å². The first-order valence-electron chi connectivity index (χ1n) is 14.2. The lowest BCUT2D eigenvalue weighted by molar-refractivity contribution is -0.0332. The van der Waals surface area contributed by atoms with E-state index in [9.17, 15) is 5.11 Å². The Bertz CT molecular complexity index is 1380. The van der Waals surface area contributed by atoms with Gasteiger partial charge in [0.05, 0.1) is 52.9 Å². The van der Waals surface area contributed by atoms with Gasteiger partial charge in [-0.25, -0.2) is 0 Å². The molecule has 1 aliphatic rings. The third kappa shape index (κ3) is 7.18. The first-order chi connectivity index (χ1) is 20.2. The highest BCUT2D eigenvalue weighted by molar-refractivity contribution is 5.94. The largest absolute Gasteiger partial charge is 0.496 e. The molecular formula is C34H39NO6. The molecule has 3 atom stereocenters. The average Bonchev–Trinajstić information content (AvgIpc) is 3.02. The first kappa shape index (κ1) is 28.9. The SMILES string of the molecule is COc1cc(CO[C@H]2CNC[C@@H](O)[C@@H]2c2ccc(OCCCOCc3ccccc3)cc2)c(OC)c2ccccc12. The van der Waals surface area contributed by atoms with Gasteiger partial charge in [-0.1, -0.05) is 66.7 Å². The van der Waals surface area contributed by atoms with Gasteiger partial charge in [-0.3, -0.25) is 0 Å². The topological polar surface area (TPSA) is 78.4 Å². The van der Waals surface area contributed by atoms with Gasteiger partial charge in [-0.05, 0) is 29.3 Å². The Balaban J connectivity index is 1.19. The maximum Gasteiger partial charge on any atom is 0.132 e. The summed E-state index contributed by atoms with van der Waals surface area (Å²) in [5.41, 5.74) is 3.09. The van der Waals surface area contributed by atoms with Crippen LogP contribution in [0.4, 0.5) is 0 Å². The van der Waals surface area contributed by atoms with Crippen LogP contribution in [-0.2, 0) is 22.7 Å². The summed E-state index contributed by atoms with van der Waals surface area (Å²) in [5, 5.41) is 16.2. The first-order valence-corrected chi connectivity index (χ1v) is 14.2. The van der Waals surface area contributed by atoms with Crippen molar-refractivity contribution in [3.8, 4) is 17.2 Å². The van der Waals surface area contributed by atoms with E-state index >= 15 is 0 Å². The van der Waals surface area contributed by atoms with Gasteiger partial charge in [0.25, 0.3) is 0 Å². The number of β-amino-alcohol motifs (C(OH)–C–C–N with tert-alkyl or cyclic N) is 1. The summed E-state index contributed by atoms with van der Waals surface area (Å²) >= 11 is 0. The molecule has 5 rings (SSSR count). The van der Waals surface area contributed by atoms with Crippen LogP contribution >= 0.6 is 0 Å². The van der Waals surface area contributed by atoms with Crippen molar-refractivity contribution < 1.29 is 28.8 Å². The maximum absolute atomic E-state index is 11.0. The Morgan fingerprint density at radius 3 is 2.32 bits per heavy atom. The molecule has 0 amide bonds. The van der Waals surface area contributed by atoms with Crippen LogP contribution in [0.25, 0.3) is 10.8 Å². The minimum Gasteiger partial charge on any atom is -0.496 e. The summed E-state index contributed by atoms with van der Waals surface area (Å²) < 4.78 is 29.6. The molecule has 4 aromatic carbocycles. The number of ether oxygens (including phenoxy) is 5. The molecule has 0 aliphatic carbocycles. The van der Waals surface area contributed by atoms with Crippen molar-refractivity contribution in [1.29, 1.82) is 0 Å². The highest BCUT2D eigenvalue weighted by atomic mass is 16.5. The van der Waals surface area contributed by atoms with Crippen molar-refractivity contribution in [1.82, 2.24) is 5.32 Å². The van der Waals surface area contributed by atoms with Crippen molar-refractivity contribution in [2.24, 2.45) is 0 Å². The molecule has 41 heavy (non-hydrogen) atoms. The molecule has 0 bridgehead atoms. The predicted octanol–water partition coefficient (Wildman–Crippen LogP) is 5.48. The van der Waals surface area contributed by atoms with Crippen LogP contribution in [0, 0.1) is 0 Å². The number of rotatable bonds is 13. The van der Waals surface area contributed by atoms with Crippen molar-refractivity contribution >= 4 is 10.8 Å². The van der Waals surface area contributed by atoms with Crippen LogP contribution in [0.15, 0.2) is 84.9 Å². The highest BCUT2D eigenvalue weighted by Gasteiger charge is 2.34. The molecule has 4 aromatic rings. The predicted molar refractivity (Wildman–Crippen MR) is 160 cm³/mol. The van der Waals surface area contributed by atoms with E-state index in [4.69, 9.17) is 23.7 Å². The minimum absolute atomic E-state index is 0.176. The molecule has 216 valence electrons. The van der Waals surface area contributed by atoms with E-state index < -0.39 is 6.10 Å².